The topological polar surface area (TPSA) is 74.7 Å². The van der Waals surface area contributed by atoms with Crippen LogP contribution in [-0.2, 0) is 14.8 Å². The van der Waals surface area contributed by atoms with E-state index in [0.717, 1.165) is 11.1 Å². The largest absolute Gasteiger partial charge is 0.478 e. The van der Waals surface area contributed by atoms with E-state index < -0.39 is 22.0 Å². The second kappa shape index (κ2) is 7.23. The van der Waals surface area contributed by atoms with Crippen molar-refractivity contribution in [2.45, 2.75) is 24.3 Å². The number of hydrogen-bond acceptors (Lipinski definition) is 3. The zero-order valence-corrected chi connectivity index (χ0v) is 15.7. The van der Waals surface area contributed by atoms with Gasteiger partial charge in [0.05, 0.1) is 10.9 Å². The molecule has 0 radical (unpaired) electrons. The molecule has 0 amide bonds. The zero-order chi connectivity index (χ0) is 18.9. The Morgan fingerprint density at radius 2 is 1.73 bits per heavy atom. The molecule has 5 nitrogen and oxygen atoms in total. The Hall–Kier alpha value is -2.15. The molecule has 0 fully saturated rings. The number of sulfonamides is 1. The maximum absolute atomic E-state index is 13.2. The quantitative estimate of drug-likeness (QED) is 0.860. The number of rotatable bonds is 4. The fourth-order valence-corrected chi connectivity index (χ4v) is 4.68. The first kappa shape index (κ1) is 18.6. The second-order valence-electron chi connectivity index (χ2n) is 6.20. The van der Waals surface area contributed by atoms with Crippen molar-refractivity contribution in [2.24, 2.45) is 0 Å². The van der Waals surface area contributed by atoms with Crippen LogP contribution in [-0.4, -0.2) is 30.3 Å². The second-order valence-corrected chi connectivity index (χ2v) is 8.53. The smallest absolute Gasteiger partial charge is 0.332 e. The molecular weight excluding hydrogens is 374 g/mol. The molecule has 1 unspecified atom stereocenters. The molecule has 1 heterocycles. The first-order valence-electron chi connectivity index (χ1n) is 8.05. The average Bonchev–Trinajstić information content (AvgIpc) is 2.62. The van der Waals surface area contributed by atoms with E-state index >= 15 is 0 Å². The van der Waals surface area contributed by atoms with Crippen molar-refractivity contribution in [1.29, 1.82) is 0 Å². The molecule has 0 aliphatic carbocycles. The lowest BCUT2D eigenvalue weighted by atomic mass is 9.97. The highest BCUT2D eigenvalue weighted by Gasteiger charge is 2.36. The third kappa shape index (κ3) is 3.67. The highest BCUT2D eigenvalue weighted by Crippen LogP contribution is 2.35. The van der Waals surface area contributed by atoms with Gasteiger partial charge in [-0.2, -0.15) is 4.31 Å². The summed E-state index contributed by atoms with van der Waals surface area (Å²) in [5.41, 5.74) is 1.97. The van der Waals surface area contributed by atoms with E-state index in [1.54, 1.807) is 6.08 Å². The maximum Gasteiger partial charge on any atom is 0.332 e. The van der Waals surface area contributed by atoms with Gasteiger partial charge < -0.3 is 5.11 Å². The fraction of sp³-hybridized carbons (Fsp3) is 0.211. The lowest BCUT2D eigenvalue weighted by Gasteiger charge is -2.34. The van der Waals surface area contributed by atoms with E-state index in [1.165, 1.54) is 28.6 Å². The van der Waals surface area contributed by atoms with E-state index in [-0.39, 0.29) is 17.0 Å². The molecule has 2 aromatic rings. The predicted octanol–water partition coefficient (Wildman–Crippen LogP) is 3.80. The summed E-state index contributed by atoms with van der Waals surface area (Å²) in [6, 6.07) is 13.0. The summed E-state index contributed by atoms with van der Waals surface area (Å²) in [7, 11) is -3.88. The van der Waals surface area contributed by atoms with Crippen LogP contribution in [0.15, 0.2) is 65.1 Å². The number of aryl methyl sites for hydroxylation is 1. The van der Waals surface area contributed by atoms with Crippen LogP contribution in [0, 0.1) is 6.92 Å². The molecule has 0 aromatic heterocycles. The normalized spacial score (nSPS) is 18.4. The Morgan fingerprint density at radius 3 is 2.31 bits per heavy atom. The van der Waals surface area contributed by atoms with E-state index in [1.807, 2.05) is 31.2 Å². The highest BCUT2D eigenvalue weighted by atomic mass is 35.5. The van der Waals surface area contributed by atoms with Gasteiger partial charge in [0, 0.05) is 17.1 Å². The summed E-state index contributed by atoms with van der Waals surface area (Å²) >= 11 is 5.86. The minimum atomic E-state index is -3.88. The van der Waals surface area contributed by atoms with Crippen LogP contribution in [0.5, 0.6) is 0 Å². The predicted molar refractivity (Wildman–Crippen MR) is 99.6 cm³/mol. The summed E-state index contributed by atoms with van der Waals surface area (Å²) in [5, 5.41) is 9.75. The van der Waals surface area contributed by atoms with Crippen molar-refractivity contribution < 1.29 is 18.3 Å². The van der Waals surface area contributed by atoms with E-state index in [9.17, 15) is 18.3 Å². The number of nitrogens with zero attached hydrogens (tertiary/aromatic N) is 1. The number of carbonyl (C=O) groups is 1. The molecule has 1 atom stereocenters. The molecule has 136 valence electrons. The Morgan fingerprint density at radius 1 is 1.12 bits per heavy atom. The van der Waals surface area contributed by atoms with Crippen LogP contribution in [0.1, 0.15) is 23.6 Å². The van der Waals surface area contributed by atoms with Gasteiger partial charge in [0.1, 0.15) is 0 Å². The summed E-state index contributed by atoms with van der Waals surface area (Å²) in [6.45, 7) is 1.77. The third-order valence-electron chi connectivity index (χ3n) is 4.42. The lowest BCUT2D eigenvalue weighted by molar-refractivity contribution is -0.133. The number of carboxylic acids is 1. The summed E-state index contributed by atoms with van der Waals surface area (Å²) < 4.78 is 27.6. The van der Waals surface area contributed by atoms with Gasteiger partial charge in [0.25, 0.3) is 0 Å². The Labute approximate surface area is 157 Å². The van der Waals surface area contributed by atoms with Crippen LogP contribution in [0.25, 0.3) is 0 Å². The minimum Gasteiger partial charge on any atom is -0.478 e. The van der Waals surface area contributed by atoms with Gasteiger partial charge in [0.2, 0.25) is 10.0 Å². The standard InChI is InChI=1S/C19H18ClNO4S/c1-13-2-4-14(5-3-13)18-11-6-15(19(22)23)12-21(18)26(24,25)17-9-7-16(20)8-10-17/h2-10,18H,11-12H2,1H3,(H,22,23). The van der Waals surface area contributed by atoms with Gasteiger partial charge in [-0.25, -0.2) is 13.2 Å². The number of hydrogen-bond donors (Lipinski definition) is 1. The molecule has 2 aromatic carbocycles. The van der Waals surface area contributed by atoms with Gasteiger partial charge >= 0.3 is 5.97 Å². The number of halogens is 1. The van der Waals surface area contributed by atoms with Crippen LogP contribution in [0.2, 0.25) is 5.02 Å². The van der Waals surface area contributed by atoms with Crippen molar-refractivity contribution in [2.75, 3.05) is 6.54 Å². The lowest BCUT2D eigenvalue weighted by Crippen LogP contribution is -2.39. The van der Waals surface area contributed by atoms with Gasteiger partial charge in [-0.05, 0) is 43.2 Å². The van der Waals surface area contributed by atoms with Crippen LogP contribution in [0.3, 0.4) is 0 Å². The molecular formula is C19H18ClNO4S. The van der Waals surface area contributed by atoms with E-state index in [4.69, 9.17) is 11.6 Å². The van der Waals surface area contributed by atoms with Crippen molar-refractivity contribution in [3.8, 4) is 0 Å². The van der Waals surface area contributed by atoms with Gasteiger partial charge in [0.15, 0.2) is 0 Å². The third-order valence-corrected chi connectivity index (χ3v) is 6.54. The molecule has 0 saturated carbocycles. The fourth-order valence-electron chi connectivity index (χ4n) is 2.95. The van der Waals surface area contributed by atoms with Crippen molar-refractivity contribution in [3.63, 3.8) is 0 Å². The number of carboxylic acid groups (broad SMARTS) is 1. The molecule has 3 rings (SSSR count). The van der Waals surface area contributed by atoms with Crippen molar-refractivity contribution in [3.05, 3.63) is 76.3 Å². The molecule has 1 N–H and O–H groups in total. The Bertz CT molecular complexity index is 950. The van der Waals surface area contributed by atoms with Crippen molar-refractivity contribution in [1.82, 2.24) is 4.31 Å². The number of benzene rings is 2. The zero-order valence-electron chi connectivity index (χ0n) is 14.1. The average molecular weight is 392 g/mol. The summed E-state index contributed by atoms with van der Waals surface area (Å²) in [5.74, 6) is -1.11. The molecule has 1 aliphatic heterocycles. The van der Waals surface area contributed by atoms with Crippen LogP contribution in [0.4, 0.5) is 0 Å². The van der Waals surface area contributed by atoms with E-state index in [0.29, 0.717) is 11.4 Å². The molecule has 0 saturated heterocycles. The maximum atomic E-state index is 13.2. The molecule has 1 aliphatic rings. The highest BCUT2D eigenvalue weighted by molar-refractivity contribution is 7.89. The molecule has 26 heavy (non-hydrogen) atoms. The van der Waals surface area contributed by atoms with E-state index in [2.05, 4.69) is 0 Å². The van der Waals surface area contributed by atoms with Gasteiger partial charge in [-0.15, -0.1) is 0 Å². The summed E-state index contributed by atoms with van der Waals surface area (Å²) in [6.07, 6.45) is 1.90. The number of aliphatic carboxylic acids is 1. The Kier molecular flexibility index (Phi) is 5.18. The van der Waals surface area contributed by atoms with Crippen LogP contribution < -0.4 is 0 Å². The first-order valence-corrected chi connectivity index (χ1v) is 9.87. The molecule has 0 bridgehead atoms. The van der Waals surface area contributed by atoms with Gasteiger partial charge in [-0.1, -0.05) is 47.5 Å². The van der Waals surface area contributed by atoms with Crippen LogP contribution >= 0.6 is 11.6 Å². The molecule has 0 spiro atoms. The van der Waals surface area contributed by atoms with Crippen molar-refractivity contribution >= 4 is 27.6 Å². The van der Waals surface area contributed by atoms with Gasteiger partial charge in [-0.3, -0.25) is 0 Å². The Balaban J connectivity index is 2.06. The summed E-state index contributed by atoms with van der Waals surface area (Å²) in [4.78, 5) is 11.5. The SMILES string of the molecule is Cc1ccc(C2CC=C(C(=O)O)CN2S(=O)(=O)c2ccc(Cl)cc2)cc1. The molecule has 7 heteroatoms. The minimum absolute atomic E-state index is 0.0749. The monoisotopic (exact) mass is 391 g/mol. The first-order chi connectivity index (χ1) is 12.3.